The van der Waals surface area contributed by atoms with Gasteiger partial charge in [0, 0.05) is 43.1 Å². The summed E-state index contributed by atoms with van der Waals surface area (Å²) < 4.78 is 29.4. The van der Waals surface area contributed by atoms with E-state index in [1.807, 2.05) is 6.07 Å². The summed E-state index contributed by atoms with van der Waals surface area (Å²) in [5, 5.41) is 3.48. The fourth-order valence-electron chi connectivity index (χ4n) is 4.27. The number of rotatable bonds is 5. The molecule has 0 bridgehead atoms. The lowest BCUT2D eigenvalue weighted by molar-refractivity contribution is 0.237. The van der Waals surface area contributed by atoms with Crippen molar-refractivity contribution in [3.63, 3.8) is 0 Å². The van der Waals surface area contributed by atoms with Gasteiger partial charge >= 0.3 is 0 Å². The molecule has 4 heterocycles. The minimum atomic E-state index is -1.10. The van der Waals surface area contributed by atoms with E-state index in [4.69, 9.17) is 0 Å². The monoisotopic (exact) mass is 410 g/mol. The molecular formula is C22H24F2N6. The van der Waals surface area contributed by atoms with Crippen LogP contribution in [0.2, 0.25) is 0 Å². The van der Waals surface area contributed by atoms with Crippen molar-refractivity contribution < 1.29 is 8.78 Å². The van der Waals surface area contributed by atoms with Crippen molar-refractivity contribution in [3.8, 4) is 11.5 Å². The zero-order chi connectivity index (χ0) is 20.9. The third kappa shape index (κ3) is 3.51. The number of likely N-dealkylation sites (tertiary alicyclic amines) is 1. The van der Waals surface area contributed by atoms with E-state index in [9.17, 15) is 8.78 Å². The molecular weight excluding hydrogens is 386 g/mol. The predicted molar refractivity (Wildman–Crippen MR) is 111 cm³/mol. The van der Waals surface area contributed by atoms with Gasteiger partial charge in [-0.25, -0.2) is 23.7 Å². The number of nitrogens with zero attached hydrogens (tertiary/aromatic N) is 5. The van der Waals surface area contributed by atoms with Gasteiger partial charge in [0.1, 0.15) is 28.6 Å². The Labute approximate surface area is 173 Å². The Kier molecular flexibility index (Phi) is 4.45. The summed E-state index contributed by atoms with van der Waals surface area (Å²) in [6.07, 6.45) is 7.28. The third-order valence-electron chi connectivity index (χ3n) is 6.11. The maximum absolute atomic E-state index is 14.1. The van der Waals surface area contributed by atoms with E-state index in [2.05, 4.69) is 31.7 Å². The smallest absolute Gasteiger partial charge is 0.180 e. The summed E-state index contributed by atoms with van der Waals surface area (Å²) in [6, 6.07) is 5.00. The Morgan fingerprint density at radius 3 is 2.93 bits per heavy atom. The van der Waals surface area contributed by atoms with Crippen molar-refractivity contribution in [2.24, 2.45) is 5.92 Å². The topological polar surface area (TPSA) is 58.3 Å². The second-order valence-corrected chi connectivity index (χ2v) is 8.44. The molecule has 3 unspecified atom stereocenters. The van der Waals surface area contributed by atoms with Crippen LogP contribution in [0.25, 0.3) is 17.2 Å². The van der Waals surface area contributed by atoms with Crippen molar-refractivity contribution in [1.29, 1.82) is 0 Å². The predicted octanol–water partition coefficient (Wildman–Crippen LogP) is 4.07. The molecule has 8 heteroatoms. The number of alkyl halides is 1. The highest BCUT2D eigenvalue weighted by molar-refractivity contribution is 5.58. The van der Waals surface area contributed by atoms with E-state index < -0.39 is 5.67 Å². The SMILES string of the molecule is C=C(C1CC1(C)F)N1CCCC(Nc2ccnc(-c3cnc4ccc(F)cn34)n2)C1. The van der Waals surface area contributed by atoms with Gasteiger partial charge in [-0.1, -0.05) is 6.58 Å². The van der Waals surface area contributed by atoms with Gasteiger partial charge in [-0.3, -0.25) is 4.40 Å². The molecule has 1 aliphatic heterocycles. The molecule has 5 rings (SSSR count). The van der Waals surface area contributed by atoms with Crippen LogP contribution in [0.1, 0.15) is 26.2 Å². The largest absolute Gasteiger partial charge is 0.373 e. The number of hydrogen-bond donors (Lipinski definition) is 1. The molecule has 0 radical (unpaired) electrons. The number of nitrogens with one attached hydrogen (secondary N) is 1. The first-order valence-electron chi connectivity index (χ1n) is 10.3. The zero-order valence-electron chi connectivity index (χ0n) is 16.9. The second-order valence-electron chi connectivity index (χ2n) is 8.44. The van der Waals surface area contributed by atoms with Crippen LogP contribution < -0.4 is 5.32 Å². The average molecular weight is 410 g/mol. The molecule has 1 saturated carbocycles. The first-order chi connectivity index (χ1) is 14.4. The van der Waals surface area contributed by atoms with Crippen molar-refractivity contribution in [2.45, 2.75) is 37.9 Å². The molecule has 0 aromatic carbocycles. The van der Waals surface area contributed by atoms with Gasteiger partial charge in [0.05, 0.1) is 6.20 Å². The van der Waals surface area contributed by atoms with E-state index in [-0.39, 0.29) is 17.8 Å². The molecule has 30 heavy (non-hydrogen) atoms. The quantitative estimate of drug-likeness (QED) is 0.687. The van der Waals surface area contributed by atoms with Crippen molar-refractivity contribution in [3.05, 3.63) is 54.9 Å². The van der Waals surface area contributed by atoms with Crippen LogP contribution in [-0.2, 0) is 0 Å². The summed E-state index contributed by atoms with van der Waals surface area (Å²) in [6.45, 7) is 7.48. The Hall–Kier alpha value is -3.03. The first kappa shape index (κ1) is 19.0. The minimum Gasteiger partial charge on any atom is -0.373 e. The molecule has 2 fully saturated rings. The van der Waals surface area contributed by atoms with Gasteiger partial charge in [-0.2, -0.15) is 0 Å². The first-order valence-corrected chi connectivity index (χ1v) is 10.3. The molecule has 3 aromatic heterocycles. The normalized spacial score (nSPS) is 26.0. The van der Waals surface area contributed by atoms with Crippen LogP contribution in [0, 0.1) is 11.7 Å². The van der Waals surface area contributed by atoms with Crippen LogP contribution in [0.15, 0.2) is 49.1 Å². The van der Waals surface area contributed by atoms with Crippen LogP contribution in [-0.4, -0.2) is 49.1 Å². The van der Waals surface area contributed by atoms with Gasteiger partial charge in [-0.05, 0) is 44.4 Å². The maximum Gasteiger partial charge on any atom is 0.180 e. The number of hydrogen-bond acceptors (Lipinski definition) is 5. The molecule has 1 saturated heterocycles. The summed E-state index contributed by atoms with van der Waals surface area (Å²) in [4.78, 5) is 15.5. The lowest BCUT2D eigenvalue weighted by Crippen LogP contribution is -2.42. The standard InChI is InChI=1S/C22H24F2N6/c1-14(17-10-22(17,2)24)29-9-3-4-16(13-29)27-19-7-8-25-21(28-19)18-11-26-20-6-5-15(23)12-30(18)20/h5-8,11-12,16-17H,1,3-4,9-10,13H2,2H3,(H,25,27,28). The number of allylic oxidation sites excluding steroid dienone is 1. The number of fused-ring (bicyclic) bond motifs is 1. The Morgan fingerprint density at radius 2 is 2.13 bits per heavy atom. The summed E-state index contributed by atoms with van der Waals surface area (Å²) in [5.74, 6) is 0.767. The second kappa shape index (κ2) is 7.04. The van der Waals surface area contributed by atoms with E-state index in [0.29, 0.717) is 29.4 Å². The molecule has 3 aromatic rings. The van der Waals surface area contributed by atoms with Crippen molar-refractivity contribution in [2.75, 3.05) is 18.4 Å². The third-order valence-corrected chi connectivity index (χ3v) is 6.11. The van der Waals surface area contributed by atoms with E-state index in [1.54, 1.807) is 29.8 Å². The van der Waals surface area contributed by atoms with Crippen LogP contribution in [0.3, 0.4) is 0 Å². The molecule has 6 nitrogen and oxygen atoms in total. The van der Waals surface area contributed by atoms with Gasteiger partial charge in [0.25, 0.3) is 0 Å². The zero-order valence-corrected chi connectivity index (χ0v) is 16.9. The minimum absolute atomic E-state index is 0.0579. The highest BCUT2D eigenvalue weighted by atomic mass is 19.1. The van der Waals surface area contributed by atoms with E-state index in [0.717, 1.165) is 31.6 Å². The lowest BCUT2D eigenvalue weighted by Gasteiger charge is -2.36. The summed E-state index contributed by atoms with van der Waals surface area (Å²) in [7, 11) is 0. The van der Waals surface area contributed by atoms with E-state index >= 15 is 0 Å². The molecule has 1 aliphatic carbocycles. The molecule has 0 spiro atoms. The summed E-state index contributed by atoms with van der Waals surface area (Å²) in [5.41, 5.74) is 1.06. The molecule has 3 atom stereocenters. The number of imidazole rings is 1. The lowest BCUT2D eigenvalue weighted by atomic mass is 10.0. The van der Waals surface area contributed by atoms with Gasteiger partial charge in [0.2, 0.25) is 0 Å². The molecule has 1 N–H and O–H groups in total. The fraction of sp³-hybridized carbons (Fsp3) is 0.409. The van der Waals surface area contributed by atoms with Crippen LogP contribution in [0.4, 0.5) is 14.6 Å². The number of anilines is 1. The Balaban J connectivity index is 1.32. The Morgan fingerprint density at radius 1 is 1.30 bits per heavy atom. The number of pyridine rings is 1. The highest BCUT2D eigenvalue weighted by Crippen LogP contribution is 2.51. The molecule has 2 aliphatic rings. The Bertz CT molecular complexity index is 1110. The average Bonchev–Trinajstić information content (AvgIpc) is 3.17. The molecule has 156 valence electrons. The van der Waals surface area contributed by atoms with Gasteiger partial charge in [-0.15, -0.1) is 0 Å². The maximum atomic E-state index is 14.1. The van der Waals surface area contributed by atoms with Gasteiger partial charge in [0.15, 0.2) is 5.82 Å². The van der Waals surface area contributed by atoms with E-state index in [1.165, 1.54) is 12.3 Å². The highest BCUT2D eigenvalue weighted by Gasteiger charge is 2.53. The number of aromatic nitrogens is 4. The summed E-state index contributed by atoms with van der Waals surface area (Å²) >= 11 is 0. The van der Waals surface area contributed by atoms with Crippen molar-refractivity contribution in [1.82, 2.24) is 24.3 Å². The number of piperidine rings is 1. The number of halogens is 2. The van der Waals surface area contributed by atoms with Crippen LogP contribution >= 0.6 is 0 Å². The van der Waals surface area contributed by atoms with Crippen LogP contribution in [0.5, 0.6) is 0 Å². The van der Waals surface area contributed by atoms with Gasteiger partial charge < -0.3 is 10.2 Å². The molecule has 0 amide bonds. The van der Waals surface area contributed by atoms with Crippen molar-refractivity contribution >= 4 is 11.5 Å². The fourth-order valence-corrected chi connectivity index (χ4v) is 4.27.